The Hall–Kier alpha value is -1.32. The zero-order chi connectivity index (χ0) is 13.0. The van der Waals surface area contributed by atoms with Gasteiger partial charge >= 0.3 is 0 Å². The van der Waals surface area contributed by atoms with Crippen molar-refractivity contribution >= 4 is 34.6 Å². The second-order valence-electron chi connectivity index (χ2n) is 4.03. The van der Waals surface area contributed by atoms with E-state index in [1.165, 1.54) is 0 Å². The summed E-state index contributed by atoms with van der Waals surface area (Å²) in [6, 6.07) is 5.78. The second kappa shape index (κ2) is 6.03. The lowest BCUT2D eigenvalue weighted by atomic mass is 10.1. The van der Waals surface area contributed by atoms with Crippen LogP contribution in [0.4, 0.5) is 5.69 Å². The van der Waals surface area contributed by atoms with Gasteiger partial charge in [0.25, 0.3) is 0 Å². The van der Waals surface area contributed by atoms with E-state index in [2.05, 4.69) is 23.1 Å². The number of nitrogens with one attached hydrogen (secondary N) is 2. The van der Waals surface area contributed by atoms with Gasteiger partial charge in [-0.3, -0.25) is 0 Å². The highest BCUT2D eigenvalue weighted by Gasteiger charge is 2.03. The molecule has 2 N–H and O–H groups in total. The van der Waals surface area contributed by atoms with E-state index in [4.69, 9.17) is 23.8 Å². The zero-order valence-electron chi connectivity index (χ0n) is 10.0. The zero-order valence-corrected chi connectivity index (χ0v) is 11.6. The Morgan fingerprint density at radius 1 is 1.33 bits per heavy atom. The minimum Gasteiger partial charge on any atom is -0.333 e. The molecule has 0 atom stereocenters. The molecule has 2 rings (SSSR count). The van der Waals surface area contributed by atoms with Gasteiger partial charge in [-0.2, -0.15) is 0 Å². The molecule has 0 aliphatic heterocycles. The maximum Gasteiger partial charge on any atom is 0.175 e. The first-order valence-corrected chi connectivity index (χ1v) is 6.48. The average molecular weight is 278 g/mol. The number of anilines is 1. The molecular formula is C14H14ClN2S. The summed E-state index contributed by atoms with van der Waals surface area (Å²) in [6.45, 7) is 1.97. The smallest absolute Gasteiger partial charge is 0.175 e. The van der Waals surface area contributed by atoms with Gasteiger partial charge in [-0.05, 0) is 55.8 Å². The Balaban J connectivity index is 1.96. The summed E-state index contributed by atoms with van der Waals surface area (Å²) >= 11 is 11.3. The maximum absolute atomic E-state index is 6.06. The Morgan fingerprint density at radius 3 is 2.83 bits per heavy atom. The van der Waals surface area contributed by atoms with Gasteiger partial charge in [0.05, 0.1) is 0 Å². The predicted molar refractivity (Wildman–Crippen MR) is 81.7 cm³/mol. The van der Waals surface area contributed by atoms with Crippen LogP contribution in [0.1, 0.15) is 12.0 Å². The standard InChI is InChI=1S/C14H14ClN2S/c1-10-7-8-12(9-13(10)15)17-14(18)16-11-5-3-2-4-6-11/h2-3,5-9H,4H2,1H3,(H2,16,17,18). The highest BCUT2D eigenvalue weighted by Crippen LogP contribution is 2.19. The van der Waals surface area contributed by atoms with E-state index in [1.54, 1.807) is 0 Å². The molecule has 2 nitrogen and oxygen atoms in total. The van der Waals surface area contributed by atoms with Crippen molar-refractivity contribution in [1.82, 2.24) is 5.32 Å². The monoisotopic (exact) mass is 277 g/mol. The van der Waals surface area contributed by atoms with Crippen molar-refractivity contribution in [2.24, 2.45) is 0 Å². The van der Waals surface area contributed by atoms with Crippen molar-refractivity contribution in [3.05, 3.63) is 59.1 Å². The summed E-state index contributed by atoms with van der Waals surface area (Å²) in [5.41, 5.74) is 2.94. The van der Waals surface area contributed by atoms with Crippen LogP contribution in [0.25, 0.3) is 0 Å². The van der Waals surface area contributed by atoms with E-state index in [1.807, 2.05) is 37.3 Å². The molecular weight excluding hydrogens is 264 g/mol. The van der Waals surface area contributed by atoms with Crippen molar-refractivity contribution in [2.45, 2.75) is 13.3 Å². The van der Waals surface area contributed by atoms with Gasteiger partial charge in [0.2, 0.25) is 0 Å². The Bertz CT molecular complexity index is 521. The third kappa shape index (κ3) is 3.59. The summed E-state index contributed by atoms with van der Waals surface area (Å²) < 4.78 is 0. The lowest BCUT2D eigenvalue weighted by Gasteiger charge is -2.13. The summed E-state index contributed by atoms with van der Waals surface area (Å²) in [6.07, 6.45) is 9.09. The summed E-state index contributed by atoms with van der Waals surface area (Å²) in [5, 5.41) is 7.53. The summed E-state index contributed by atoms with van der Waals surface area (Å²) in [4.78, 5) is 0. The van der Waals surface area contributed by atoms with E-state index < -0.39 is 0 Å². The molecule has 1 aliphatic rings. The highest BCUT2D eigenvalue weighted by molar-refractivity contribution is 7.80. The van der Waals surface area contributed by atoms with Crippen LogP contribution in [0.5, 0.6) is 0 Å². The molecule has 1 aliphatic carbocycles. The molecule has 0 unspecified atom stereocenters. The lowest BCUT2D eigenvalue weighted by Crippen LogP contribution is -2.27. The number of hydrogen-bond donors (Lipinski definition) is 2. The molecule has 0 aromatic heterocycles. The van der Waals surface area contributed by atoms with Crippen LogP contribution in [0.15, 0.2) is 42.1 Å². The van der Waals surface area contributed by atoms with Crippen LogP contribution < -0.4 is 10.6 Å². The topological polar surface area (TPSA) is 24.1 Å². The van der Waals surface area contributed by atoms with Gasteiger partial charge < -0.3 is 10.6 Å². The molecule has 0 saturated heterocycles. The molecule has 0 spiro atoms. The number of halogens is 1. The van der Waals surface area contributed by atoms with Crippen molar-refractivity contribution in [3.63, 3.8) is 0 Å². The first-order valence-electron chi connectivity index (χ1n) is 5.69. The fourth-order valence-electron chi connectivity index (χ4n) is 1.57. The molecule has 0 saturated carbocycles. The molecule has 0 bridgehead atoms. The minimum atomic E-state index is 0.563. The van der Waals surface area contributed by atoms with E-state index in [9.17, 15) is 0 Å². The van der Waals surface area contributed by atoms with Crippen LogP contribution in [0.2, 0.25) is 5.02 Å². The molecule has 4 heteroatoms. The molecule has 93 valence electrons. The summed E-state index contributed by atoms with van der Waals surface area (Å²) in [5.74, 6) is 0. The normalized spacial score (nSPS) is 14.0. The van der Waals surface area contributed by atoms with Gasteiger partial charge in [0, 0.05) is 16.4 Å². The first-order chi connectivity index (χ1) is 8.65. The fraction of sp³-hybridized carbons (Fsp3) is 0.143. The maximum atomic E-state index is 6.06. The SMILES string of the molecule is Cc1ccc(NC(=S)NC2=CC[CH]C=C2)cc1Cl. The first kappa shape index (κ1) is 13.1. The average Bonchev–Trinajstić information content (AvgIpc) is 2.35. The third-order valence-corrected chi connectivity index (χ3v) is 3.18. The second-order valence-corrected chi connectivity index (χ2v) is 4.85. The van der Waals surface area contributed by atoms with Gasteiger partial charge in [0.1, 0.15) is 0 Å². The van der Waals surface area contributed by atoms with Gasteiger partial charge in [-0.25, -0.2) is 0 Å². The number of thiocarbonyl (C=S) groups is 1. The summed E-state index contributed by atoms with van der Waals surface area (Å²) in [7, 11) is 0. The number of aryl methyl sites for hydroxylation is 1. The van der Waals surface area contributed by atoms with Crippen molar-refractivity contribution in [1.29, 1.82) is 0 Å². The van der Waals surface area contributed by atoms with Crippen LogP contribution in [-0.2, 0) is 0 Å². The third-order valence-electron chi connectivity index (χ3n) is 2.57. The lowest BCUT2D eigenvalue weighted by molar-refractivity contribution is 1.11. The Kier molecular flexibility index (Phi) is 4.39. The van der Waals surface area contributed by atoms with Crippen molar-refractivity contribution in [2.75, 3.05) is 5.32 Å². The Labute approximate surface area is 118 Å². The van der Waals surface area contributed by atoms with Crippen LogP contribution in [0, 0.1) is 13.3 Å². The van der Waals surface area contributed by atoms with E-state index in [0.29, 0.717) is 5.11 Å². The van der Waals surface area contributed by atoms with Crippen LogP contribution in [-0.4, -0.2) is 5.11 Å². The predicted octanol–water partition coefficient (Wildman–Crippen LogP) is 3.98. The van der Waals surface area contributed by atoms with Crippen LogP contribution in [0.3, 0.4) is 0 Å². The van der Waals surface area contributed by atoms with Crippen LogP contribution >= 0.6 is 23.8 Å². The molecule has 1 radical (unpaired) electrons. The minimum absolute atomic E-state index is 0.563. The van der Waals surface area contributed by atoms with Gasteiger partial charge in [0.15, 0.2) is 5.11 Å². The molecule has 0 heterocycles. The quantitative estimate of drug-likeness (QED) is 0.800. The molecule has 0 fully saturated rings. The molecule has 18 heavy (non-hydrogen) atoms. The number of rotatable bonds is 2. The largest absolute Gasteiger partial charge is 0.333 e. The molecule has 1 aromatic carbocycles. The highest BCUT2D eigenvalue weighted by atomic mass is 35.5. The van der Waals surface area contributed by atoms with E-state index in [-0.39, 0.29) is 0 Å². The van der Waals surface area contributed by atoms with Gasteiger partial charge in [-0.15, -0.1) is 0 Å². The molecule has 1 aromatic rings. The van der Waals surface area contributed by atoms with Crippen molar-refractivity contribution in [3.8, 4) is 0 Å². The van der Waals surface area contributed by atoms with E-state index >= 15 is 0 Å². The Morgan fingerprint density at radius 2 is 2.17 bits per heavy atom. The number of allylic oxidation sites excluding steroid dienone is 3. The number of hydrogen-bond acceptors (Lipinski definition) is 1. The van der Waals surface area contributed by atoms with E-state index in [0.717, 1.165) is 28.4 Å². The number of benzene rings is 1. The van der Waals surface area contributed by atoms with Crippen molar-refractivity contribution < 1.29 is 0 Å². The fourth-order valence-corrected chi connectivity index (χ4v) is 1.99. The van der Waals surface area contributed by atoms with Gasteiger partial charge in [-0.1, -0.05) is 29.8 Å². The molecule has 0 amide bonds.